The molecule has 0 atom stereocenters. The normalized spacial score (nSPS) is 11.5. The zero-order valence-electron chi connectivity index (χ0n) is 8.66. The molecule has 0 aliphatic carbocycles. The lowest BCUT2D eigenvalue weighted by Gasteiger charge is -1.87. The topological polar surface area (TPSA) is 87.3 Å². The van der Waals surface area contributed by atoms with Crippen LogP contribution in [0.15, 0.2) is 40.0 Å². The largest absolute Gasteiger partial charge is 0.480 e. The first kappa shape index (κ1) is 9.59. The van der Waals surface area contributed by atoms with E-state index in [0.29, 0.717) is 17.1 Å². The van der Waals surface area contributed by atoms with Gasteiger partial charge in [-0.3, -0.25) is 0 Å². The summed E-state index contributed by atoms with van der Waals surface area (Å²) in [4.78, 5) is 7.89. The first-order valence-electron chi connectivity index (χ1n) is 4.94. The molecule has 0 fully saturated rings. The number of benzene rings is 1. The molecule has 84 valence electrons. The molecule has 17 heavy (non-hydrogen) atoms. The van der Waals surface area contributed by atoms with Crippen LogP contribution in [-0.4, -0.2) is 26.5 Å². The van der Waals surface area contributed by atoms with Crippen molar-refractivity contribution in [2.24, 2.45) is 4.99 Å². The third-order valence-corrected chi connectivity index (χ3v) is 2.34. The number of aliphatic imine (C=N–C) groups is 1. The molecule has 0 aliphatic heterocycles. The van der Waals surface area contributed by atoms with Crippen LogP contribution in [-0.2, 0) is 0 Å². The van der Waals surface area contributed by atoms with Crippen LogP contribution in [0.5, 0.6) is 5.95 Å². The second-order valence-corrected chi connectivity index (χ2v) is 3.38. The fraction of sp³-hybridized carbons (Fsp3) is 0. The van der Waals surface area contributed by atoms with Crippen LogP contribution in [0.4, 0.5) is 5.95 Å². The second-order valence-electron chi connectivity index (χ2n) is 3.38. The summed E-state index contributed by atoms with van der Waals surface area (Å²) < 4.78 is 5.21. The van der Waals surface area contributed by atoms with Gasteiger partial charge in [-0.1, -0.05) is 18.2 Å². The van der Waals surface area contributed by atoms with E-state index in [2.05, 4.69) is 20.2 Å². The van der Waals surface area contributed by atoms with Gasteiger partial charge >= 0.3 is 0 Å². The van der Waals surface area contributed by atoms with Crippen LogP contribution in [0, 0.1) is 0 Å². The fourth-order valence-electron chi connectivity index (χ4n) is 1.58. The van der Waals surface area contributed by atoms with Crippen molar-refractivity contribution in [2.45, 2.75) is 0 Å². The minimum absolute atomic E-state index is 0.111. The molecule has 0 spiro atoms. The highest BCUT2D eigenvalue weighted by Gasteiger charge is 2.09. The summed E-state index contributed by atoms with van der Waals surface area (Å²) in [5.74, 6) is 0.749. The average molecular weight is 228 g/mol. The lowest BCUT2D eigenvalue weighted by Crippen LogP contribution is -1.77. The Balaban J connectivity index is 2.06. The van der Waals surface area contributed by atoms with Crippen molar-refractivity contribution in [1.82, 2.24) is 15.2 Å². The molecule has 6 nitrogen and oxygen atoms in total. The van der Waals surface area contributed by atoms with E-state index in [4.69, 9.17) is 4.42 Å². The van der Waals surface area contributed by atoms with Gasteiger partial charge < -0.3 is 9.52 Å². The van der Waals surface area contributed by atoms with Crippen molar-refractivity contribution in [3.63, 3.8) is 0 Å². The molecule has 0 radical (unpaired) electrons. The number of nitrogens with zero attached hydrogens (tertiary/aromatic N) is 3. The van der Waals surface area contributed by atoms with Crippen molar-refractivity contribution in [1.29, 1.82) is 0 Å². The van der Waals surface area contributed by atoms with E-state index in [1.165, 1.54) is 12.5 Å². The maximum absolute atomic E-state index is 9.59. The van der Waals surface area contributed by atoms with Gasteiger partial charge in [-0.2, -0.15) is 10.1 Å². The summed E-state index contributed by atoms with van der Waals surface area (Å²) in [6.45, 7) is 0. The Morgan fingerprint density at radius 3 is 2.88 bits per heavy atom. The quantitative estimate of drug-likeness (QED) is 0.657. The smallest absolute Gasteiger partial charge is 0.290 e. The number of rotatable bonds is 2. The number of nitrogens with one attached hydrogen (secondary N) is 1. The lowest BCUT2D eigenvalue weighted by molar-refractivity contribution is 0.336. The first-order chi connectivity index (χ1) is 8.34. The number of aromatic amines is 1. The van der Waals surface area contributed by atoms with Gasteiger partial charge in [0, 0.05) is 5.39 Å². The number of aromatic hydroxyl groups is 1. The predicted octanol–water partition coefficient (Wildman–Crippen LogP) is 2.01. The summed E-state index contributed by atoms with van der Waals surface area (Å²) in [5, 5.41) is 17.3. The Kier molecular flexibility index (Phi) is 2.11. The molecule has 0 aliphatic rings. The number of H-pyrrole nitrogens is 1. The Morgan fingerprint density at radius 2 is 2.12 bits per heavy atom. The van der Waals surface area contributed by atoms with Crippen LogP contribution >= 0.6 is 0 Å². The SMILES string of the molecule is Oc1oc(C=Nc2ncn[nH]2)c2ccccc12. The van der Waals surface area contributed by atoms with Gasteiger partial charge in [0.2, 0.25) is 5.95 Å². The molecule has 0 unspecified atom stereocenters. The summed E-state index contributed by atoms with van der Waals surface area (Å²) >= 11 is 0. The highest BCUT2D eigenvalue weighted by molar-refractivity contribution is 6.00. The van der Waals surface area contributed by atoms with E-state index in [0.717, 1.165) is 5.39 Å². The molecule has 0 bridgehead atoms. The number of aromatic nitrogens is 3. The summed E-state index contributed by atoms with van der Waals surface area (Å²) in [5.41, 5.74) is 0. The molecule has 6 heteroatoms. The summed E-state index contributed by atoms with van der Waals surface area (Å²) in [7, 11) is 0. The molecule has 2 heterocycles. The highest BCUT2D eigenvalue weighted by atomic mass is 16.5. The van der Waals surface area contributed by atoms with Crippen molar-refractivity contribution in [2.75, 3.05) is 0 Å². The molecular formula is C11H8N4O2. The van der Waals surface area contributed by atoms with Crippen molar-refractivity contribution >= 4 is 22.9 Å². The number of furan rings is 1. The third kappa shape index (κ3) is 1.65. The Hall–Kier alpha value is -2.63. The van der Waals surface area contributed by atoms with Gasteiger partial charge in [0.1, 0.15) is 6.33 Å². The number of hydrogen-bond acceptors (Lipinski definition) is 5. The lowest BCUT2D eigenvalue weighted by atomic mass is 10.2. The van der Waals surface area contributed by atoms with Crippen LogP contribution < -0.4 is 0 Å². The number of fused-ring (bicyclic) bond motifs is 1. The zero-order chi connectivity index (χ0) is 11.7. The maximum atomic E-state index is 9.59. The minimum atomic E-state index is -0.111. The van der Waals surface area contributed by atoms with Crippen LogP contribution in [0.3, 0.4) is 0 Å². The van der Waals surface area contributed by atoms with Crippen LogP contribution in [0.2, 0.25) is 0 Å². The van der Waals surface area contributed by atoms with Gasteiger partial charge in [0.15, 0.2) is 5.76 Å². The van der Waals surface area contributed by atoms with E-state index >= 15 is 0 Å². The minimum Gasteiger partial charge on any atom is -0.480 e. The number of hydrogen-bond donors (Lipinski definition) is 2. The van der Waals surface area contributed by atoms with Gasteiger partial charge in [0.05, 0.1) is 11.6 Å². The maximum Gasteiger partial charge on any atom is 0.290 e. The highest BCUT2D eigenvalue weighted by Crippen LogP contribution is 2.29. The molecule has 2 aromatic heterocycles. The Labute approximate surface area is 95.6 Å². The average Bonchev–Trinajstić information content (AvgIpc) is 2.96. The van der Waals surface area contributed by atoms with E-state index in [-0.39, 0.29) is 5.95 Å². The zero-order valence-corrected chi connectivity index (χ0v) is 8.66. The van der Waals surface area contributed by atoms with Crippen molar-refractivity contribution in [3.8, 4) is 5.95 Å². The van der Waals surface area contributed by atoms with E-state index < -0.39 is 0 Å². The fourth-order valence-corrected chi connectivity index (χ4v) is 1.58. The second kappa shape index (κ2) is 3.75. The van der Waals surface area contributed by atoms with E-state index in [1.807, 2.05) is 18.2 Å². The molecule has 0 saturated heterocycles. The van der Waals surface area contributed by atoms with Gasteiger partial charge in [-0.25, -0.2) is 10.1 Å². The predicted molar refractivity (Wildman–Crippen MR) is 61.5 cm³/mol. The monoisotopic (exact) mass is 228 g/mol. The molecule has 0 amide bonds. The van der Waals surface area contributed by atoms with Crippen LogP contribution in [0.1, 0.15) is 5.76 Å². The first-order valence-corrected chi connectivity index (χ1v) is 4.94. The molecule has 3 rings (SSSR count). The molecule has 2 N–H and O–H groups in total. The van der Waals surface area contributed by atoms with Crippen molar-refractivity contribution < 1.29 is 9.52 Å². The van der Waals surface area contributed by atoms with Crippen LogP contribution in [0.25, 0.3) is 10.8 Å². The summed E-state index contributed by atoms with van der Waals surface area (Å²) in [6.07, 6.45) is 2.85. The third-order valence-electron chi connectivity index (χ3n) is 2.34. The molecule has 3 aromatic rings. The Morgan fingerprint density at radius 1 is 1.29 bits per heavy atom. The molecule has 1 aromatic carbocycles. The van der Waals surface area contributed by atoms with Gasteiger partial charge in [-0.05, 0) is 6.07 Å². The molecule has 0 saturated carbocycles. The molecular weight excluding hydrogens is 220 g/mol. The summed E-state index contributed by atoms with van der Waals surface area (Å²) in [6, 6.07) is 7.32. The standard InChI is InChI=1S/C11H8N4O2/c16-10-8-4-2-1-3-7(8)9(17-10)5-12-11-13-6-14-15-11/h1-6,16H,(H,13,14,15). The van der Waals surface area contributed by atoms with Gasteiger partial charge in [0.25, 0.3) is 5.95 Å². The van der Waals surface area contributed by atoms with Gasteiger partial charge in [-0.15, -0.1) is 0 Å². The van der Waals surface area contributed by atoms with Crippen molar-refractivity contribution in [3.05, 3.63) is 36.4 Å². The van der Waals surface area contributed by atoms with E-state index in [1.54, 1.807) is 6.07 Å². The van der Waals surface area contributed by atoms with E-state index in [9.17, 15) is 5.11 Å². The Bertz CT molecular complexity index is 670.